The lowest BCUT2D eigenvalue weighted by molar-refractivity contribution is -0.139. The van der Waals surface area contributed by atoms with Crippen molar-refractivity contribution in [2.75, 3.05) is 17.1 Å². The van der Waals surface area contributed by atoms with Crippen LogP contribution < -0.4 is 4.72 Å². The lowest BCUT2D eigenvalue weighted by atomic mass is 10.4. The number of carbonyl (C=O) groups is 2. The van der Waals surface area contributed by atoms with Crippen LogP contribution in [0, 0.1) is 0 Å². The Kier molecular flexibility index (Phi) is 4.79. The average molecular weight is 292 g/mol. The van der Waals surface area contributed by atoms with Gasteiger partial charge in [0.1, 0.15) is 5.69 Å². The first-order valence-electron chi connectivity index (χ1n) is 4.96. The van der Waals surface area contributed by atoms with Crippen LogP contribution in [0.15, 0.2) is 5.38 Å². The Hall–Kier alpha value is -1.48. The van der Waals surface area contributed by atoms with Gasteiger partial charge in [0.15, 0.2) is 16.7 Å². The van der Waals surface area contributed by atoms with Gasteiger partial charge in [-0.25, -0.2) is 13.4 Å². The van der Waals surface area contributed by atoms with Crippen LogP contribution in [0.1, 0.15) is 24.3 Å². The Morgan fingerprint density at radius 1 is 1.50 bits per heavy atom. The minimum absolute atomic E-state index is 0.0458. The summed E-state index contributed by atoms with van der Waals surface area (Å²) < 4.78 is 29.7. The molecule has 0 aliphatic carbocycles. The molecule has 7 nitrogen and oxygen atoms in total. The number of carbonyl (C=O) groups excluding carboxylic acids is 2. The van der Waals surface area contributed by atoms with Crippen LogP contribution in [0.3, 0.4) is 0 Å². The molecule has 1 rings (SSSR count). The molecule has 0 aliphatic rings. The standard InChI is InChI=1S/C9H12N2O5S2/c1-3-16-8(13)5-18(14,15)11-9-10-7(4-17-9)6(2)12/h4H,3,5H2,1-2H3,(H,10,11). The predicted octanol–water partition coefficient (Wildman–Crippen LogP) is 0.651. The van der Waals surface area contributed by atoms with Crippen molar-refractivity contribution in [1.82, 2.24) is 4.98 Å². The largest absolute Gasteiger partial charge is 0.465 e. The third-order valence-corrected chi connectivity index (χ3v) is 3.73. The topological polar surface area (TPSA) is 102 Å². The van der Waals surface area contributed by atoms with E-state index in [-0.39, 0.29) is 23.2 Å². The smallest absolute Gasteiger partial charge is 0.323 e. The summed E-state index contributed by atoms with van der Waals surface area (Å²) in [5.41, 5.74) is 0.175. The third-order valence-electron chi connectivity index (χ3n) is 1.72. The Labute approximate surface area is 108 Å². The van der Waals surface area contributed by atoms with Crippen LogP contribution >= 0.6 is 11.3 Å². The number of Topliss-reactive ketones (excluding diaryl/α,β-unsaturated/α-hetero) is 1. The zero-order chi connectivity index (χ0) is 13.8. The molecule has 1 aromatic heterocycles. The van der Waals surface area contributed by atoms with E-state index in [2.05, 4.69) is 14.4 Å². The molecule has 0 radical (unpaired) electrons. The van der Waals surface area contributed by atoms with E-state index in [1.54, 1.807) is 6.92 Å². The highest BCUT2D eigenvalue weighted by Crippen LogP contribution is 2.17. The molecule has 0 bridgehead atoms. The van der Waals surface area contributed by atoms with Crippen molar-refractivity contribution in [3.05, 3.63) is 11.1 Å². The summed E-state index contributed by atoms with van der Waals surface area (Å²) in [6.07, 6.45) is 0. The van der Waals surface area contributed by atoms with Gasteiger partial charge in [-0.1, -0.05) is 0 Å². The maximum absolute atomic E-state index is 11.5. The molecule has 0 saturated heterocycles. The second kappa shape index (κ2) is 5.91. The van der Waals surface area contributed by atoms with E-state index in [0.29, 0.717) is 0 Å². The third kappa shape index (κ3) is 4.41. The number of rotatable bonds is 6. The molecule has 100 valence electrons. The number of thiazole rings is 1. The minimum atomic E-state index is -3.86. The van der Waals surface area contributed by atoms with Crippen molar-refractivity contribution in [2.45, 2.75) is 13.8 Å². The summed E-state index contributed by atoms with van der Waals surface area (Å²) in [7, 11) is -3.86. The highest BCUT2D eigenvalue weighted by atomic mass is 32.2. The zero-order valence-electron chi connectivity index (χ0n) is 9.80. The molecule has 18 heavy (non-hydrogen) atoms. The first kappa shape index (κ1) is 14.6. The van der Waals surface area contributed by atoms with Gasteiger partial charge in [0.2, 0.25) is 10.0 Å². The molecule has 1 aromatic rings. The maximum atomic E-state index is 11.5. The Balaban J connectivity index is 2.70. The first-order valence-corrected chi connectivity index (χ1v) is 7.50. The second-order valence-electron chi connectivity index (χ2n) is 3.26. The number of anilines is 1. The number of ether oxygens (including phenoxy) is 1. The monoisotopic (exact) mass is 292 g/mol. The van der Waals surface area contributed by atoms with Crippen LogP contribution in [-0.4, -0.2) is 37.5 Å². The fraction of sp³-hybridized carbons (Fsp3) is 0.444. The van der Waals surface area contributed by atoms with E-state index in [9.17, 15) is 18.0 Å². The van der Waals surface area contributed by atoms with Crippen molar-refractivity contribution < 1.29 is 22.7 Å². The number of sulfonamides is 1. The number of hydrogen-bond donors (Lipinski definition) is 1. The van der Waals surface area contributed by atoms with Crippen molar-refractivity contribution in [3.63, 3.8) is 0 Å². The van der Waals surface area contributed by atoms with E-state index in [1.807, 2.05) is 0 Å². The fourth-order valence-corrected chi connectivity index (χ4v) is 2.95. The van der Waals surface area contributed by atoms with E-state index in [4.69, 9.17) is 0 Å². The Bertz CT molecular complexity index is 549. The van der Waals surface area contributed by atoms with Crippen LogP contribution in [0.25, 0.3) is 0 Å². The molecular formula is C9H12N2O5S2. The number of ketones is 1. The molecule has 0 saturated carbocycles. The molecule has 0 amide bonds. The van der Waals surface area contributed by atoms with Crippen LogP contribution in [0.5, 0.6) is 0 Å². The molecule has 9 heteroatoms. The molecule has 1 heterocycles. The molecular weight excluding hydrogens is 280 g/mol. The van der Waals surface area contributed by atoms with Crippen molar-refractivity contribution in [2.24, 2.45) is 0 Å². The average Bonchev–Trinajstić information content (AvgIpc) is 2.64. The van der Waals surface area contributed by atoms with Gasteiger partial charge in [0.25, 0.3) is 0 Å². The van der Waals surface area contributed by atoms with Crippen molar-refractivity contribution in [1.29, 1.82) is 0 Å². The summed E-state index contributed by atoms with van der Waals surface area (Å²) in [5, 5.41) is 1.48. The summed E-state index contributed by atoms with van der Waals surface area (Å²) in [4.78, 5) is 25.8. The Morgan fingerprint density at radius 2 is 2.17 bits per heavy atom. The zero-order valence-corrected chi connectivity index (χ0v) is 11.4. The van der Waals surface area contributed by atoms with Gasteiger partial charge in [0.05, 0.1) is 6.61 Å². The molecule has 0 aromatic carbocycles. The van der Waals surface area contributed by atoms with Crippen LogP contribution in [0.2, 0.25) is 0 Å². The molecule has 0 fully saturated rings. The van der Waals surface area contributed by atoms with E-state index in [1.165, 1.54) is 12.3 Å². The molecule has 0 atom stereocenters. The molecule has 0 unspecified atom stereocenters. The van der Waals surface area contributed by atoms with Crippen molar-refractivity contribution >= 4 is 38.2 Å². The van der Waals surface area contributed by atoms with Gasteiger partial charge >= 0.3 is 5.97 Å². The van der Waals surface area contributed by atoms with E-state index < -0.39 is 21.7 Å². The lowest BCUT2D eigenvalue weighted by Crippen LogP contribution is -2.24. The van der Waals surface area contributed by atoms with Crippen LogP contribution in [0.4, 0.5) is 5.13 Å². The van der Waals surface area contributed by atoms with Gasteiger partial charge in [-0.05, 0) is 6.92 Å². The Morgan fingerprint density at radius 3 is 2.67 bits per heavy atom. The summed E-state index contributed by atoms with van der Waals surface area (Å²) in [6, 6.07) is 0. The van der Waals surface area contributed by atoms with Crippen molar-refractivity contribution in [3.8, 4) is 0 Å². The highest BCUT2D eigenvalue weighted by Gasteiger charge is 2.19. The van der Waals surface area contributed by atoms with Gasteiger partial charge in [-0.15, -0.1) is 11.3 Å². The second-order valence-corrected chi connectivity index (χ2v) is 5.84. The SMILES string of the molecule is CCOC(=O)CS(=O)(=O)Nc1nc(C(C)=O)cs1. The quantitative estimate of drug-likeness (QED) is 0.610. The first-order chi connectivity index (χ1) is 8.34. The van der Waals surface area contributed by atoms with Gasteiger partial charge in [0, 0.05) is 12.3 Å². The summed E-state index contributed by atoms with van der Waals surface area (Å²) >= 11 is 0.971. The minimum Gasteiger partial charge on any atom is -0.465 e. The number of nitrogens with one attached hydrogen (secondary N) is 1. The molecule has 1 N–H and O–H groups in total. The lowest BCUT2D eigenvalue weighted by Gasteiger charge is -2.04. The van der Waals surface area contributed by atoms with Gasteiger partial charge < -0.3 is 4.74 Å². The maximum Gasteiger partial charge on any atom is 0.323 e. The van der Waals surface area contributed by atoms with Gasteiger partial charge in [-0.3, -0.25) is 14.3 Å². The number of hydrogen-bond acceptors (Lipinski definition) is 7. The molecule has 0 spiro atoms. The summed E-state index contributed by atoms with van der Waals surface area (Å²) in [5.74, 6) is -1.88. The predicted molar refractivity (Wildman–Crippen MR) is 66.2 cm³/mol. The normalized spacial score (nSPS) is 11.0. The highest BCUT2D eigenvalue weighted by molar-refractivity contribution is 7.93. The van der Waals surface area contributed by atoms with E-state index in [0.717, 1.165) is 11.3 Å². The summed E-state index contributed by atoms with van der Waals surface area (Å²) in [6.45, 7) is 3.02. The van der Waals surface area contributed by atoms with Crippen LogP contribution in [-0.2, 0) is 19.6 Å². The molecule has 0 aliphatic heterocycles. The van der Waals surface area contributed by atoms with E-state index >= 15 is 0 Å². The van der Waals surface area contributed by atoms with Gasteiger partial charge in [-0.2, -0.15) is 0 Å². The number of aromatic nitrogens is 1. The number of nitrogens with zero attached hydrogens (tertiary/aromatic N) is 1. The fourth-order valence-electron chi connectivity index (χ4n) is 1.01. The number of esters is 1.